The number of nitrogens with zero attached hydrogens (tertiary/aromatic N) is 7. The average Bonchev–Trinajstić information content (AvgIpc) is 3.91. The lowest BCUT2D eigenvalue weighted by atomic mass is 9.58. The van der Waals surface area contributed by atoms with Crippen molar-refractivity contribution in [2.24, 2.45) is 4.99 Å². The van der Waals surface area contributed by atoms with Crippen molar-refractivity contribution >= 4 is 57.8 Å². The maximum Gasteiger partial charge on any atom is 0.450 e. The molecule has 6 heterocycles. The van der Waals surface area contributed by atoms with Crippen molar-refractivity contribution in [2.75, 3.05) is 0 Å². The summed E-state index contributed by atoms with van der Waals surface area (Å²) in [4.78, 5) is 13.7. The second-order valence-electron chi connectivity index (χ2n) is 12.6. The number of halogens is 3. The Balaban J connectivity index is 1.11. The summed E-state index contributed by atoms with van der Waals surface area (Å²) in [7, 11) is 0. The quantitative estimate of drug-likeness (QED) is 0.142. The van der Waals surface area contributed by atoms with Gasteiger partial charge in [-0.15, -0.1) is 0 Å². The van der Waals surface area contributed by atoms with Crippen LogP contribution in [0.25, 0.3) is 66.7 Å². The van der Waals surface area contributed by atoms with Crippen LogP contribution >= 0.6 is 0 Å². The van der Waals surface area contributed by atoms with Gasteiger partial charge in [0.05, 0.1) is 16.7 Å². The number of aromatic nitrogens is 5. The minimum Gasteiger partial charge on any atom is -0.462 e. The molecule has 7 nitrogen and oxygen atoms in total. The highest BCUT2D eigenvalue weighted by atomic mass is 19.4. The van der Waals surface area contributed by atoms with Gasteiger partial charge in [-0.1, -0.05) is 78.9 Å². The van der Waals surface area contributed by atoms with Crippen LogP contribution in [0, 0.1) is 0 Å². The van der Waals surface area contributed by atoms with Crippen molar-refractivity contribution in [3.05, 3.63) is 127 Å². The van der Waals surface area contributed by atoms with Crippen LogP contribution < -0.4 is 5.46 Å². The molecule has 0 fully saturated rings. The zero-order valence-electron chi connectivity index (χ0n) is 26.5. The molecule has 0 saturated carbocycles. The zero-order chi connectivity index (χ0) is 33.7. The molecule has 0 aliphatic carbocycles. The number of pyridine rings is 1. The average molecular weight is 659 g/mol. The van der Waals surface area contributed by atoms with E-state index in [1.54, 1.807) is 29.2 Å². The Morgan fingerprint density at radius 2 is 1.48 bits per heavy atom. The van der Waals surface area contributed by atoms with E-state index in [2.05, 4.69) is 57.9 Å². The number of hydrogen-bond acceptors (Lipinski definition) is 3. The van der Waals surface area contributed by atoms with E-state index in [9.17, 15) is 13.2 Å². The van der Waals surface area contributed by atoms with Crippen LogP contribution in [-0.4, -0.2) is 47.6 Å². The van der Waals surface area contributed by atoms with Crippen LogP contribution in [0.15, 0.2) is 127 Å². The van der Waals surface area contributed by atoms with E-state index in [0.29, 0.717) is 22.3 Å². The molecule has 0 spiro atoms. The van der Waals surface area contributed by atoms with E-state index >= 15 is 0 Å². The van der Waals surface area contributed by atoms with E-state index in [0.717, 1.165) is 44.2 Å². The molecule has 8 aromatic rings. The van der Waals surface area contributed by atoms with Crippen molar-refractivity contribution in [2.45, 2.75) is 19.2 Å². The highest BCUT2D eigenvalue weighted by Gasteiger charge is 2.41. The van der Waals surface area contributed by atoms with Gasteiger partial charge < -0.3 is 4.49 Å². The first-order valence-electron chi connectivity index (χ1n) is 16.3. The maximum atomic E-state index is 14.7. The second-order valence-corrected chi connectivity index (χ2v) is 12.6. The number of aliphatic imine (C=N–C) groups is 1. The number of imidazole rings is 1. The molecule has 10 rings (SSSR count). The third kappa shape index (κ3) is 4.06. The van der Waals surface area contributed by atoms with Gasteiger partial charge in [-0.2, -0.15) is 18.2 Å². The normalized spacial score (nSPS) is 15.0. The van der Waals surface area contributed by atoms with Crippen LogP contribution in [0.4, 0.5) is 13.2 Å². The predicted octanol–water partition coefficient (Wildman–Crippen LogP) is 8.01. The smallest absolute Gasteiger partial charge is 0.450 e. The fraction of sp³-hybridized carbons (Fsp3) is 0.0769. The number of benzene rings is 4. The molecule has 4 aromatic heterocycles. The monoisotopic (exact) mass is 659 g/mol. The summed E-state index contributed by atoms with van der Waals surface area (Å²) < 4.78 is 51.1. The van der Waals surface area contributed by atoms with Gasteiger partial charge in [0.15, 0.2) is 11.8 Å². The van der Waals surface area contributed by atoms with E-state index in [4.69, 9.17) is 4.99 Å². The van der Waals surface area contributed by atoms with Gasteiger partial charge in [0.1, 0.15) is 17.7 Å². The standard InChI is InChI=1S/C39H25BF3N7/c1-40(24-17-18-29-28-13-5-6-14-31(28)49(33(29)20-24)34-16-8-9-19-44-34)47-22-35(45-23-47)48-21-30-26-11-3-2-10-25(26)27-12-4-7-15-32(27)50-36(30)37(48)46-38(50)39(41,42)43/h2-21,23,35H,1H3. The molecule has 2 aliphatic heterocycles. The van der Waals surface area contributed by atoms with Crippen LogP contribution in [0.2, 0.25) is 6.82 Å². The minimum absolute atomic E-state index is 0.177. The summed E-state index contributed by atoms with van der Waals surface area (Å²) in [6.07, 6.45) is 3.38. The van der Waals surface area contributed by atoms with Crippen LogP contribution in [-0.2, 0) is 6.18 Å². The van der Waals surface area contributed by atoms with Gasteiger partial charge in [-0.3, -0.25) is 13.7 Å². The summed E-state index contributed by atoms with van der Waals surface area (Å²) in [6.45, 7) is 1.89. The fourth-order valence-electron chi connectivity index (χ4n) is 7.57. The van der Waals surface area contributed by atoms with E-state index in [1.807, 2.05) is 77.4 Å². The van der Waals surface area contributed by atoms with Crippen molar-refractivity contribution in [3.63, 3.8) is 0 Å². The summed E-state index contributed by atoms with van der Waals surface area (Å²) in [6, 6.07) is 35.4. The molecule has 1 unspecified atom stereocenters. The first-order chi connectivity index (χ1) is 24.4. The first-order valence-corrected chi connectivity index (χ1v) is 16.3. The molecule has 2 aliphatic rings. The lowest BCUT2D eigenvalue weighted by Gasteiger charge is -2.14. The zero-order valence-corrected chi connectivity index (χ0v) is 26.5. The van der Waals surface area contributed by atoms with Gasteiger partial charge in [-0.25, -0.2) is 9.97 Å². The van der Waals surface area contributed by atoms with Crippen molar-refractivity contribution in [1.82, 2.24) is 23.7 Å². The predicted molar refractivity (Wildman–Crippen MR) is 191 cm³/mol. The summed E-state index contributed by atoms with van der Waals surface area (Å²) in [5, 5.41) is 2.25. The Morgan fingerprint density at radius 3 is 2.28 bits per heavy atom. The Labute approximate surface area is 284 Å². The maximum absolute atomic E-state index is 14.7. The molecule has 0 radical (unpaired) electrons. The van der Waals surface area contributed by atoms with Gasteiger partial charge in [0.2, 0.25) is 5.82 Å². The molecule has 0 bridgehead atoms. The van der Waals surface area contributed by atoms with Crippen LogP contribution in [0.5, 0.6) is 0 Å². The van der Waals surface area contributed by atoms with Crippen LogP contribution in [0.3, 0.4) is 0 Å². The fourth-order valence-corrected chi connectivity index (χ4v) is 7.57. The molecule has 1 atom stereocenters. The summed E-state index contributed by atoms with van der Waals surface area (Å²) in [5.41, 5.74) is 7.21. The number of fused-ring (bicyclic) bond motifs is 8. The highest BCUT2D eigenvalue weighted by molar-refractivity contribution is 6.66. The largest absolute Gasteiger partial charge is 0.462 e. The van der Waals surface area contributed by atoms with Gasteiger partial charge >= 0.3 is 13.0 Å². The number of rotatable bonds is 4. The molecular weight excluding hydrogens is 634 g/mol. The van der Waals surface area contributed by atoms with Gasteiger partial charge in [0, 0.05) is 34.3 Å². The Morgan fingerprint density at radius 1 is 0.760 bits per heavy atom. The Kier molecular flexibility index (Phi) is 5.97. The topological polar surface area (TPSA) is 55.9 Å². The van der Waals surface area contributed by atoms with Gasteiger partial charge in [0.25, 0.3) is 0 Å². The first kappa shape index (κ1) is 28.8. The molecule has 0 amide bonds. The van der Waals surface area contributed by atoms with E-state index in [-0.39, 0.29) is 12.5 Å². The molecule has 240 valence electrons. The SMILES string of the molecule is CB(c1ccc2c3ccccc3n(-c3ccccn3)c2c1)[N+]1=[C-]C(n2cc3c4c2nc(C(F)(F)F)n4-c2ccccc2-c2ccccc2-3)N=C1. The van der Waals surface area contributed by atoms with Crippen LogP contribution in [0.1, 0.15) is 12.0 Å². The van der Waals surface area contributed by atoms with Gasteiger partial charge in [-0.05, 0) is 60.0 Å². The third-order valence-electron chi connectivity index (χ3n) is 9.87. The third-order valence-corrected chi connectivity index (χ3v) is 9.87. The molecule has 4 aromatic carbocycles. The highest BCUT2D eigenvalue weighted by Crippen LogP contribution is 2.47. The summed E-state index contributed by atoms with van der Waals surface area (Å²) in [5.74, 6) is -0.144. The van der Waals surface area contributed by atoms with Crippen molar-refractivity contribution in [1.29, 1.82) is 0 Å². The Hall–Kier alpha value is -6.23. The lowest BCUT2D eigenvalue weighted by Crippen LogP contribution is -2.38. The minimum atomic E-state index is -4.69. The lowest BCUT2D eigenvalue weighted by molar-refractivity contribution is -0.223. The molecule has 11 heteroatoms. The van der Waals surface area contributed by atoms with E-state index < -0.39 is 18.2 Å². The Bertz CT molecular complexity index is 2740. The summed E-state index contributed by atoms with van der Waals surface area (Å²) >= 11 is 0. The molecule has 0 saturated heterocycles. The van der Waals surface area contributed by atoms with Crippen molar-refractivity contribution < 1.29 is 17.7 Å². The molecular formula is C39H25BF3N7. The number of hydrogen-bond donors (Lipinski definition) is 0. The molecule has 0 N–H and O–H groups in total. The number of alkyl halides is 3. The second kappa shape index (κ2) is 10.4. The number of para-hydroxylation sites is 2. The molecule has 50 heavy (non-hydrogen) atoms. The van der Waals surface area contributed by atoms with Crippen molar-refractivity contribution in [3.8, 4) is 33.8 Å². The van der Waals surface area contributed by atoms with E-state index in [1.165, 1.54) is 4.57 Å².